The van der Waals surface area contributed by atoms with Crippen molar-refractivity contribution in [1.29, 1.82) is 0 Å². The van der Waals surface area contributed by atoms with Crippen molar-refractivity contribution < 1.29 is 14.4 Å². The van der Waals surface area contributed by atoms with Gasteiger partial charge in [-0.3, -0.25) is 0 Å². The number of piperidine rings is 2. The summed E-state index contributed by atoms with van der Waals surface area (Å²) in [6, 6.07) is 8.13. The highest BCUT2D eigenvalue weighted by molar-refractivity contribution is 9.10. The molecule has 2 saturated heterocycles. The third-order valence-corrected chi connectivity index (χ3v) is 5.41. The fourth-order valence-corrected chi connectivity index (χ4v) is 4.26. The van der Waals surface area contributed by atoms with Crippen LogP contribution in [0.5, 0.6) is 0 Å². The molecule has 0 saturated carbocycles. The molecule has 114 valence electrons. The lowest BCUT2D eigenvalue weighted by Gasteiger charge is -2.40. The average Bonchev–Trinajstić information content (AvgIpc) is 2.52. The van der Waals surface area contributed by atoms with E-state index in [1.807, 2.05) is 24.3 Å². The van der Waals surface area contributed by atoms with E-state index in [1.54, 1.807) is 4.90 Å². The van der Waals surface area contributed by atoms with Crippen LogP contribution in [-0.4, -0.2) is 31.7 Å². The Hall–Kier alpha value is -0.870. The van der Waals surface area contributed by atoms with E-state index < -0.39 is 0 Å². The summed E-state index contributed by atoms with van der Waals surface area (Å²) in [5.74, 6) is 0.351. The van der Waals surface area contributed by atoms with E-state index in [4.69, 9.17) is 4.74 Å². The van der Waals surface area contributed by atoms with Crippen LogP contribution in [0.2, 0.25) is 0 Å². The number of halogens is 1. The van der Waals surface area contributed by atoms with Crippen LogP contribution in [0.4, 0.5) is 0 Å². The number of benzene rings is 1. The molecule has 0 radical (unpaired) electrons. The van der Waals surface area contributed by atoms with Crippen molar-refractivity contribution in [2.45, 2.75) is 38.1 Å². The first-order valence-corrected chi connectivity index (χ1v) is 8.80. The van der Waals surface area contributed by atoms with Crippen molar-refractivity contribution >= 4 is 21.9 Å². The van der Waals surface area contributed by atoms with E-state index in [0.717, 1.165) is 4.47 Å². The second-order valence-electron chi connectivity index (χ2n) is 6.27. The molecule has 2 heterocycles. The van der Waals surface area contributed by atoms with Gasteiger partial charge >= 0.3 is 5.97 Å². The highest BCUT2D eigenvalue weighted by Gasteiger charge is 2.37. The normalized spacial score (nSPS) is 28.7. The molecule has 21 heavy (non-hydrogen) atoms. The van der Waals surface area contributed by atoms with Gasteiger partial charge in [0.15, 0.2) is 0 Å². The lowest BCUT2D eigenvalue weighted by Crippen LogP contribution is -3.18. The maximum absolute atomic E-state index is 12.1. The monoisotopic (exact) mass is 352 g/mol. The third kappa shape index (κ3) is 3.67. The van der Waals surface area contributed by atoms with Crippen molar-refractivity contribution in [3.63, 3.8) is 0 Å². The van der Waals surface area contributed by atoms with Crippen LogP contribution in [0.25, 0.3) is 0 Å². The molecule has 4 heteroatoms. The maximum Gasteiger partial charge on any atom is 0.338 e. The molecule has 2 fully saturated rings. The number of hydrogen-bond acceptors (Lipinski definition) is 2. The minimum absolute atomic E-state index is 0.195. The van der Waals surface area contributed by atoms with Gasteiger partial charge < -0.3 is 9.64 Å². The molecule has 0 amide bonds. The van der Waals surface area contributed by atoms with E-state index in [2.05, 4.69) is 15.9 Å². The molecular weight excluding hydrogens is 330 g/mol. The van der Waals surface area contributed by atoms with E-state index in [1.165, 1.54) is 45.2 Å². The van der Waals surface area contributed by atoms with Crippen molar-refractivity contribution in [3.05, 3.63) is 34.3 Å². The number of esters is 1. The molecule has 0 aliphatic carbocycles. The standard InChI is InChI=1S/C17H22BrNO2/c18-15-7-3-5-13(11-15)17(20)21-12-14-6-4-10-19-9-2-1-8-16(14)19/h3,5,7,11,14,16H,1-2,4,6,8-10,12H2/p+1/t14-,16-/m0/s1. The Balaban J connectivity index is 1.57. The van der Waals surface area contributed by atoms with E-state index >= 15 is 0 Å². The van der Waals surface area contributed by atoms with Crippen LogP contribution in [0, 0.1) is 5.92 Å². The second kappa shape index (κ2) is 6.93. The molecule has 2 aliphatic rings. The molecule has 3 rings (SSSR count). The first-order valence-electron chi connectivity index (χ1n) is 8.01. The number of hydrogen-bond donors (Lipinski definition) is 1. The number of carbonyl (C=O) groups is 1. The molecule has 1 aromatic carbocycles. The van der Waals surface area contributed by atoms with Crippen LogP contribution in [-0.2, 0) is 4.74 Å². The number of rotatable bonds is 3. The number of carbonyl (C=O) groups excluding carboxylic acids is 1. The molecule has 1 unspecified atom stereocenters. The summed E-state index contributed by atoms with van der Waals surface area (Å²) in [6.45, 7) is 3.20. The van der Waals surface area contributed by atoms with Gasteiger partial charge in [0.1, 0.15) is 6.61 Å². The Labute approximate surface area is 134 Å². The lowest BCUT2D eigenvalue weighted by atomic mass is 9.84. The predicted molar refractivity (Wildman–Crippen MR) is 85.5 cm³/mol. The number of ether oxygens (including phenoxy) is 1. The fourth-order valence-electron chi connectivity index (χ4n) is 3.86. The largest absolute Gasteiger partial charge is 0.462 e. The molecule has 0 spiro atoms. The first-order chi connectivity index (χ1) is 10.2. The summed E-state index contributed by atoms with van der Waals surface area (Å²) in [7, 11) is 0. The quantitative estimate of drug-likeness (QED) is 0.847. The molecule has 1 aromatic rings. The number of quaternary nitrogens is 1. The van der Waals surface area contributed by atoms with Crippen molar-refractivity contribution in [2.75, 3.05) is 19.7 Å². The van der Waals surface area contributed by atoms with Gasteiger partial charge in [-0.25, -0.2) is 4.79 Å². The van der Waals surface area contributed by atoms with Gasteiger partial charge in [-0.15, -0.1) is 0 Å². The fraction of sp³-hybridized carbons (Fsp3) is 0.588. The summed E-state index contributed by atoms with van der Waals surface area (Å²) in [4.78, 5) is 13.9. The van der Waals surface area contributed by atoms with Gasteiger partial charge in [-0.2, -0.15) is 0 Å². The van der Waals surface area contributed by atoms with Crippen molar-refractivity contribution in [1.82, 2.24) is 0 Å². The first kappa shape index (κ1) is 15.0. The zero-order valence-electron chi connectivity index (χ0n) is 12.3. The van der Waals surface area contributed by atoms with Crippen molar-refractivity contribution in [3.8, 4) is 0 Å². The Morgan fingerprint density at radius 1 is 1.24 bits per heavy atom. The van der Waals surface area contributed by atoms with Crippen LogP contribution in [0.1, 0.15) is 42.5 Å². The lowest BCUT2D eigenvalue weighted by molar-refractivity contribution is -0.940. The Bertz CT molecular complexity index is 503. The number of nitrogens with one attached hydrogen (secondary N) is 1. The zero-order valence-corrected chi connectivity index (χ0v) is 13.9. The summed E-state index contributed by atoms with van der Waals surface area (Å²) in [6.07, 6.45) is 6.47. The third-order valence-electron chi connectivity index (χ3n) is 4.92. The van der Waals surface area contributed by atoms with Crippen LogP contribution >= 0.6 is 15.9 Å². The van der Waals surface area contributed by atoms with Crippen LogP contribution < -0.4 is 4.90 Å². The SMILES string of the molecule is O=C(OC[C@@H]1CCC[NH+]2CCCC[C@@H]12)c1cccc(Br)c1. The van der Waals surface area contributed by atoms with Gasteiger partial charge in [0.2, 0.25) is 0 Å². The highest BCUT2D eigenvalue weighted by Crippen LogP contribution is 2.21. The number of fused-ring (bicyclic) bond motifs is 1. The van der Waals surface area contributed by atoms with Gasteiger partial charge in [0, 0.05) is 10.4 Å². The van der Waals surface area contributed by atoms with E-state index in [9.17, 15) is 4.79 Å². The van der Waals surface area contributed by atoms with Crippen LogP contribution in [0.15, 0.2) is 28.7 Å². The highest BCUT2D eigenvalue weighted by atomic mass is 79.9. The Morgan fingerprint density at radius 2 is 2.10 bits per heavy atom. The van der Waals surface area contributed by atoms with E-state index in [0.29, 0.717) is 24.1 Å². The van der Waals surface area contributed by atoms with Gasteiger partial charge in [-0.05, 0) is 50.3 Å². The molecular formula is C17H23BrNO2+. The molecule has 1 N–H and O–H groups in total. The summed E-state index contributed by atoms with van der Waals surface area (Å²) in [5, 5.41) is 0. The summed E-state index contributed by atoms with van der Waals surface area (Å²) < 4.78 is 6.51. The van der Waals surface area contributed by atoms with E-state index in [-0.39, 0.29) is 5.97 Å². The summed E-state index contributed by atoms with van der Waals surface area (Å²) in [5.41, 5.74) is 0.632. The second-order valence-corrected chi connectivity index (χ2v) is 7.19. The maximum atomic E-state index is 12.1. The summed E-state index contributed by atoms with van der Waals surface area (Å²) >= 11 is 3.39. The smallest absolute Gasteiger partial charge is 0.338 e. The van der Waals surface area contributed by atoms with Gasteiger partial charge in [-0.1, -0.05) is 22.0 Å². The molecule has 3 atom stereocenters. The zero-order chi connectivity index (χ0) is 14.7. The molecule has 3 nitrogen and oxygen atoms in total. The Kier molecular flexibility index (Phi) is 4.96. The van der Waals surface area contributed by atoms with Gasteiger partial charge in [0.05, 0.1) is 24.7 Å². The minimum atomic E-state index is -0.195. The molecule has 0 bridgehead atoms. The molecule has 2 aliphatic heterocycles. The minimum Gasteiger partial charge on any atom is -0.462 e. The molecule has 0 aromatic heterocycles. The van der Waals surface area contributed by atoms with Crippen molar-refractivity contribution in [2.24, 2.45) is 5.92 Å². The van der Waals surface area contributed by atoms with Gasteiger partial charge in [0.25, 0.3) is 0 Å². The van der Waals surface area contributed by atoms with Crippen LogP contribution in [0.3, 0.4) is 0 Å². The predicted octanol–water partition coefficient (Wildman–Crippen LogP) is 2.45. The average molecular weight is 353 g/mol. The topological polar surface area (TPSA) is 30.7 Å². The Morgan fingerprint density at radius 3 is 2.95 bits per heavy atom.